The molecule has 0 aromatic heterocycles. The second-order valence-corrected chi connectivity index (χ2v) is 12.0. The summed E-state index contributed by atoms with van der Waals surface area (Å²) in [6, 6.07) is 11.5. The van der Waals surface area contributed by atoms with Gasteiger partial charge in [-0.1, -0.05) is 37.3 Å². The Bertz CT molecular complexity index is 1200. The van der Waals surface area contributed by atoms with Crippen molar-refractivity contribution in [3.8, 4) is 5.75 Å². The zero-order valence-corrected chi connectivity index (χ0v) is 22.2. The molecule has 0 bridgehead atoms. The second kappa shape index (κ2) is 11.4. The molecule has 2 aliphatic rings. The highest BCUT2D eigenvalue weighted by atomic mass is 32.2. The summed E-state index contributed by atoms with van der Waals surface area (Å²) in [5.41, 5.74) is 2.80. The molecular weight excluding hydrogens is 479 g/mol. The molecule has 8 heteroatoms. The van der Waals surface area contributed by atoms with Crippen LogP contribution >= 0.6 is 0 Å². The number of fused-ring (bicyclic) bond motifs is 1. The molecule has 6 nitrogen and oxygen atoms in total. The molecular formula is C28H37FN2O4S. The van der Waals surface area contributed by atoms with E-state index in [1.165, 1.54) is 22.4 Å². The normalized spacial score (nSPS) is 23.2. The van der Waals surface area contributed by atoms with Crippen LogP contribution in [-0.2, 0) is 16.6 Å². The minimum absolute atomic E-state index is 0.122. The smallest absolute Gasteiger partial charge is 0.247 e. The maximum absolute atomic E-state index is 14.2. The minimum atomic E-state index is -3.87. The summed E-state index contributed by atoms with van der Waals surface area (Å²) in [6.45, 7) is 4.52. The Kier molecular flexibility index (Phi) is 8.50. The fraction of sp³-hybridized carbons (Fsp3) is 0.500. The summed E-state index contributed by atoms with van der Waals surface area (Å²) in [4.78, 5) is 2.12. The summed E-state index contributed by atoms with van der Waals surface area (Å²) in [5.74, 6) is -0.0757. The third-order valence-electron chi connectivity index (χ3n) is 7.22. The van der Waals surface area contributed by atoms with Crippen LogP contribution in [-0.4, -0.2) is 61.6 Å². The minimum Gasteiger partial charge on any atom is -0.487 e. The molecule has 1 aliphatic heterocycles. The first-order valence-electron chi connectivity index (χ1n) is 12.8. The third kappa shape index (κ3) is 5.83. The van der Waals surface area contributed by atoms with Crippen molar-refractivity contribution in [2.24, 2.45) is 5.92 Å². The predicted octanol–water partition coefficient (Wildman–Crippen LogP) is 4.68. The second-order valence-electron chi connectivity index (χ2n) is 10.2. The SMILES string of the molecule is C[C@@H]1CN([C@H](C)CO)S(=O)(=O)c2ccc(C3=CCCCC3)cc2O[C@@H]1CN(C)Cc1ccccc1F. The van der Waals surface area contributed by atoms with Crippen molar-refractivity contribution >= 4 is 15.6 Å². The van der Waals surface area contributed by atoms with Crippen LogP contribution in [0.25, 0.3) is 5.57 Å². The van der Waals surface area contributed by atoms with E-state index in [-0.39, 0.29) is 35.9 Å². The van der Waals surface area contributed by atoms with Gasteiger partial charge in [0.15, 0.2) is 0 Å². The van der Waals surface area contributed by atoms with E-state index < -0.39 is 16.1 Å². The highest BCUT2D eigenvalue weighted by Crippen LogP contribution is 2.37. The maximum Gasteiger partial charge on any atom is 0.247 e. The lowest BCUT2D eigenvalue weighted by Gasteiger charge is -2.37. The van der Waals surface area contributed by atoms with Crippen molar-refractivity contribution in [1.29, 1.82) is 0 Å². The van der Waals surface area contributed by atoms with E-state index in [1.54, 1.807) is 25.1 Å². The molecule has 2 aromatic rings. The number of halogens is 1. The Hall–Kier alpha value is -2.26. The first-order valence-corrected chi connectivity index (χ1v) is 14.2. The van der Waals surface area contributed by atoms with E-state index in [0.29, 0.717) is 24.4 Å². The molecule has 1 aliphatic carbocycles. The molecule has 4 rings (SSSR count). The quantitative estimate of drug-likeness (QED) is 0.579. The van der Waals surface area contributed by atoms with Crippen LogP contribution in [0.3, 0.4) is 0 Å². The number of benzene rings is 2. The lowest BCUT2D eigenvalue weighted by atomic mass is 9.93. The Labute approximate surface area is 214 Å². The predicted molar refractivity (Wildman–Crippen MR) is 140 cm³/mol. The van der Waals surface area contributed by atoms with E-state index in [4.69, 9.17) is 4.74 Å². The van der Waals surface area contributed by atoms with E-state index in [2.05, 4.69) is 6.08 Å². The van der Waals surface area contributed by atoms with Gasteiger partial charge in [-0.2, -0.15) is 4.31 Å². The number of likely N-dealkylation sites (N-methyl/N-ethyl adjacent to an activating group) is 1. The van der Waals surface area contributed by atoms with Gasteiger partial charge in [0.05, 0.1) is 6.61 Å². The molecule has 0 amide bonds. The van der Waals surface area contributed by atoms with E-state index in [9.17, 15) is 17.9 Å². The van der Waals surface area contributed by atoms with Crippen LogP contribution < -0.4 is 4.74 Å². The number of hydrogen-bond acceptors (Lipinski definition) is 5. The van der Waals surface area contributed by atoms with Crippen molar-refractivity contribution in [2.45, 2.75) is 63.1 Å². The summed E-state index contributed by atoms with van der Waals surface area (Å²) >= 11 is 0. The van der Waals surface area contributed by atoms with Crippen LogP contribution in [0.1, 0.15) is 50.7 Å². The topological polar surface area (TPSA) is 70.1 Å². The molecule has 1 heterocycles. The molecule has 0 fully saturated rings. The summed E-state index contributed by atoms with van der Waals surface area (Å²) < 4.78 is 49.5. The highest BCUT2D eigenvalue weighted by Gasteiger charge is 2.38. The lowest BCUT2D eigenvalue weighted by molar-refractivity contribution is 0.0730. The Morgan fingerprint density at radius 3 is 2.69 bits per heavy atom. The molecule has 0 radical (unpaired) electrons. The summed E-state index contributed by atoms with van der Waals surface area (Å²) in [5, 5.41) is 9.84. The van der Waals surface area contributed by atoms with Gasteiger partial charge in [0.25, 0.3) is 0 Å². The Morgan fingerprint density at radius 1 is 1.22 bits per heavy atom. The highest BCUT2D eigenvalue weighted by molar-refractivity contribution is 7.89. The fourth-order valence-corrected chi connectivity index (χ4v) is 6.86. The molecule has 196 valence electrons. The monoisotopic (exact) mass is 516 g/mol. The van der Waals surface area contributed by atoms with Gasteiger partial charge in [-0.05, 0) is 69.0 Å². The zero-order valence-electron chi connectivity index (χ0n) is 21.4. The van der Waals surface area contributed by atoms with Crippen molar-refractivity contribution in [3.05, 3.63) is 65.5 Å². The molecule has 0 spiro atoms. The van der Waals surface area contributed by atoms with Gasteiger partial charge >= 0.3 is 0 Å². The molecule has 1 N–H and O–H groups in total. The van der Waals surface area contributed by atoms with Crippen LogP contribution in [0, 0.1) is 11.7 Å². The van der Waals surface area contributed by atoms with Gasteiger partial charge in [-0.25, -0.2) is 12.8 Å². The Morgan fingerprint density at radius 2 is 2.00 bits per heavy atom. The first kappa shape index (κ1) is 26.8. The first-order chi connectivity index (χ1) is 17.2. The van der Waals surface area contributed by atoms with Gasteiger partial charge in [-0.15, -0.1) is 0 Å². The Balaban J connectivity index is 1.69. The van der Waals surface area contributed by atoms with E-state index in [0.717, 1.165) is 24.8 Å². The van der Waals surface area contributed by atoms with Crippen molar-refractivity contribution in [2.75, 3.05) is 26.7 Å². The van der Waals surface area contributed by atoms with Crippen molar-refractivity contribution in [1.82, 2.24) is 9.21 Å². The number of sulfonamides is 1. The number of nitrogens with zero attached hydrogens (tertiary/aromatic N) is 2. The number of aliphatic hydroxyl groups excluding tert-OH is 1. The van der Waals surface area contributed by atoms with Gasteiger partial charge in [-0.3, -0.25) is 4.90 Å². The zero-order chi connectivity index (χ0) is 25.9. The third-order valence-corrected chi connectivity index (χ3v) is 9.24. The van der Waals surface area contributed by atoms with Crippen LogP contribution in [0.5, 0.6) is 5.75 Å². The average molecular weight is 517 g/mol. The fourth-order valence-electron chi connectivity index (χ4n) is 5.03. The summed E-state index contributed by atoms with van der Waals surface area (Å²) in [6.07, 6.45) is 6.16. The maximum atomic E-state index is 14.2. The number of allylic oxidation sites excluding steroid dienone is 2. The van der Waals surface area contributed by atoms with Crippen LogP contribution in [0.15, 0.2) is 53.4 Å². The van der Waals surface area contributed by atoms with Gasteiger partial charge in [0.1, 0.15) is 22.6 Å². The average Bonchev–Trinajstić information content (AvgIpc) is 2.87. The molecule has 3 atom stereocenters. The largest absolute Gasteiger partial charge is 0.487 e. The number of rotatable bonds is 7. The summed E-state index contributed by atoms with van der Waals surface area (Å²) in [7, 11) is -1.96. The molecule has 2 aromatic carbocycles. The molecule has 0 unspecified atom stereocenters. The van der Waals surface area contributed by atoms with E-state index in [1.807, 2.05) is 37.1 Å². The number of ether oxygens (including phenoxy) is 1. The van der Waals surface area contributed by atoms with Gasteiger partial charge in [0.2, 0.25) is 10.0 Å². The molecule has 0 saturated heterocycles. The van der Waals surface area contributed by atoms with Crippen molar-refractivity contribution < 1.29 is 22.7 Å². The van der Waals surface area contributed by atoms with Crippen molar-refractivity contribution in [3.63, 3.8) is 0 Å². The number of aliphatic hydroxyl groups is 1. The van der Waals surface area contributed by atoms with Gasteiger partial charge < -0.3 is 9.84 Å². The van der Waals surface area contributed by atoms with Crippen LogP contribution in [0.2, 0.25) is 0 Å². The van der Waals surface area contributed by atoms with Gasteiger partial charge in [0, 0.05) is 37.2 Å². The molecule has 0 saturated carbocycles. The van der Waals surface area contributed by atoms with E-state index >= 15 is 0 Å². The number of hydrogen-bond donors (Lipinski definition) is 1. The van der Waals surface area contributed by atoms with Crippen LogP contribution in [0.4, 0.5) is 4.39 Å². The standard InChI is InChI=1S/C28H37FN2O4S/c1-20-16-31(21(2)19-32)36(33,34)28-14-13-23(22-9-5-4-6-10-22)15-26(28)35-27(20)18-30(3)17-24-11-7-8-12-25(24)29/h7-9,11-15,20-21,27,32H,4-6,10,16-19H2,1-3H3/t20-,21-,27-/m1/s1. The lowest BCUT2D eigenvalue weighted by Crippen LogP contribution is -2.49. The molecule has 36 heavy (non-hydrogen) atoms.